The molecule has 9 heteroatoms. The van der Waals surface area contributed by atoms with Gasteiger partial charge in [0.15, 0.2) is 0 Å². The van der Waals surface area contributed by atoms with Crippen LogP contribution in [0.1, 0.15) is 21.7 Å². The quantitative estimate of drug-likeness (QED) is 0.334. The van der Waals surface area contributed by atoms with Gasteiger partial charge in [-0.1, -0.05) is 24.3 Å². The van der Waals surface area contributed by atoms with Crippen LogP contribution in [0.2, 0.25) is 0 Å². The molecule has 1 atom stereocenters. The van der Waals surface area contributed by atoms with Crippen molar-refractivity contribution < 1.29 is 19.3 Å². The number of rotatable bonds is 6. The molecule has 1 aromatic heterocycles. The summed E-state index contributed by atoms with van der Waals surface area (Å²) in [6.07, 6.45) is -0.127. The first kappa shape index (κ1) is 20.4. The average Bonchev–Trinajstić information content (AvgIpc) is 3.39. The summed E-state index contributed by atoms with van der Waals surface area (Å²) in [5, 5.41) is 12.8. The number of benzene rings is 2. The van der Waals surface area contributed by atoms with E-state index in [1.165, 1.54) is 40.5 Å². The normalized spacial score (nSPS) is 15.9. The Morgan fingerprint density at radius 3 is 2.39 bits per heavy atom. The molecule has 1 aliphatic heterocycles. The molecule has 0 saturated carbocycles. The lowest BCUT2D eigenvalue weighted by Gasteiger charge is -2.27. The Balaban J connectivity index is 1.66. The van der Waals surface area contributed by atoms with Crippen molar-refractivity contribution in [2.75, 3.05) is 4.90 Å². The molecule has 156 valence electrons. The first-order chi connectivity index (χ1) is 15.0. The van der Waals surface area contributed by atoms with Crippen molar-refractivity contribution in [1.82, 2.24) is 4.90 Å². The van der Waals surface area contributed by atoms with Crippen LogP contribution in [0.25, 0.3) is 0 Å². The maximum Gasteiger partial charge on any atom is 0.269 e. The van der Waals surface area contributed by atoms with E-state index in [0.29, 0.717) is 5.69 Å². The Kier molecular flexibility index (Phi) is 5.59. The number of thiophene rings is 1. The van der Waals surface area contributed by atoms with Crippen LogP contribution in [0.15, 0.2) is 72.1 Å². The lowest BCUT2D eigenvalue weighted by Crippen LogP contribution is -2.45. The van der Waals surface area contributed by atoms with E-state index in [9.17, 15) is 24.5 Å². The van der Waals surface area contributed by atoms with Gasteiger partial charge in [-0.05, 0) is 35.7 Å². The minimum atomic E-state index is -0.961. The molecule has 0 N–H and O–H groups in total. The van der Waals surface area contributed by atoms with E-state index in [2.05, 4.69) is 0 Å². The highest BCUT2D eigenvalue weighted by atomic mass is 32.1. The summed E-state index contributed by atoms with van der Waals surface area (Å²) in [6, 6.07) is 16.5. The summed E-state index contributed by atoms with van der Waals surface area (Å²) >= 11 is 1.44. The van der Waals surface area contributed by atoms with Gasteiger partial charge in [0.2, 0.25) is 5.91 Å². The third-order valence-electron chi connectivity index (χ3n) is 5.01. The molecule has 1 fully saturated rings. The number of carbonyl (C=O) groups excluding carboxylic acids is 3. The molecule has 1 aliphatic rings. The van der Waals surface area contributed by atoms with Crippen molar-refractivity contribution >= 4 is 40.4 Å². The highest BCUT2D eigenvalue weighted by molar-refractivity contribution is 7.09. The second kappa shape index (κ2) is 8.49. The van der Waals surface area contributed by atoms with E-state index >= 15 is 0 Å². The lowest BCUT2D eigenvalue weighted by atomic mass is 10.1. The van der Waals surface area contributed by atoms with Crippen LogP contribution in [-0.2, 0) is 16.1 Å². The van der Waals surface area contributed by atoms with Crippen molar-refractivity contribution in [3.63, 3.8) is 0 Å². The molecular weight excluding hydrogens is 418 g/mol. The molecule has 2 aromatic carbocycles. The van der Waals surface area contributed by atoms with E-state index in [-0.39, 0.29) is 30.1 Å². The number of nitrogens with zero attached hydrogens (tertiary/aromatic N) is 3. The monoisotopic (exact) mass is 435 g/mol. The van der Waals surface area contributed by atoms with Gasteiger partial charge in [0.25, 0.3) is 17.5 Å². The van der Waals surface area contributed by atoms with E-state index in [0.717, 1.165) is 9.78 Å². The first-order valence-electron chi connectivity index (χ1n) is 9.45. The second-order valence-electron chi connectivity index (χ2n) is 6.94. The highest BCUT2D eigenvalue weighted by Gasteiger charge is 2.44. The number of anilines is 1. The first-order valence-corrected chi connectivity index (χ1v) is 10.3. The summed E-state index contributed by atoms with van der Waals surface area (Å²) in [5.41, 5.74) is 0.531. The third kappa shape index (κ3) is 4.08. The van der Waals surface area contributed by atoms with Gasteiger partial charge in [-0.2, -0.15) is 0 Å². The Labute approximate surface area is 181 Å². The van der Waals surface area contributed by atoms with Crippen LogP contribution in [0, 0.1) is 10.1 Å². The fraction of sp³-hybridized carbons (Fsp3) is 0.136. The van der Waals surface area contributed by atoms with E-state index in [1.807, 2.05) is 17.5 Å². The Hall–Kier alpha value is -3.85. The lowest BCUT2D eigenvalue weighted by molar-refractivity contribution is -0.384. The predicted molar refractivity (Wildman–Crippen MR) is 115 cm³/mol. The number of carbonyl (C=O) groups is 3. The minimum absolute atomic E-state index is 0.127. The standard InChI is InChI=1S/C22H17N3O5S/c26-20-13-19(22(28)24(20)16-5-2-1-3-6-16)23(14-18-7-4-12-31-18)21(27)15-8-10-17(11-9-15)25(29)30/h1-12,19H,13-14H2. The van der Waals surface area contributed by atoms with Gasteiger partial charge in [0.1, 0.15) is 6.04 Å². The van der Waals surface area contributed by atoms with Crippen molar-refractivity contribution in [3.8, 4) is 0 Å². The summed E-state index contributed by atoms with van der Waals surface area (Å²) in [6.45, 7) is 0.153. The molecule has 4 rings (SSSR count). The number of non-ortho nitro benzene ring substituents is 1. The molecule has 31 heavy (non-hydrogen) atoms. The van der Waals surface area contributed by atoms with Gasteiger partial charge in [-0.3, -0.25) is 24.5 Å². The second-order valence-corrected chi connectivity index (χ2v) is 7.97. The molecule has 3 aromatic rings. The van der Waals surface area contributed by atoms with Gasteiger partial charge in [0.05, 0.1) is 23.6 Å². The Morgan fingerprint density at radius 2 is 1.77 bits per heavy atom. The molecular formula is C22H17N3O5S. The average molecular weight is 435 g/mol. The zero-order valence-corrected chi connectivity index (χ0v) is 17.0. The molecule has 8 nitrogen and oxygen atoms in total. The van der Waals surface area contributed by atoms with Crippen molar-refractivity contribution in [1.29, 1.82) is 0 Å². The maximum absolute atomic E-state index is 13.3. The number of hydrogen-bond acceptors (Lipinski definition) is 6. The fourth-order valence-corrected chi connectivity index (χ4v) is 4.20. The number of para-hydroxylation sites is 1. The van der Waals surface area contributed by atoms with Crippen LogP contribution in [-0.4, -0.2) is 33.6 Å². The SMILES string of the molecule is O=C1CC(N(Cc2cccs2)C(=O)c2ccc([N+](=O)[O-])cc2)C(=O)N1c1ccccc1. The topological polar surface area (TPSA) is 101 Å². The summed E-state index contributed by atoms with van der Waals surface area (Å²) in [4.78, 5) is 52.9. The highest BCUT2D eigenvalue weighted by Crippen LogP contribution is 2.28. The van der Waals surface area contributed by atoms with Crippen LogP contribution in [0.4, 0.5) is 11.4 Å². The number of imide groups is 1. The predicted octanol–water partition coefficient (Wildman–Crippen LogP) is 3.63. The summed E-state index contributed by atoms with van der Waals surface area (Å²) in [5.74, 6) is -1.32. The van der Waals surface area contributed by atoms with Crippen LogP contribution < -0.4 is 4.90 Å². The minimum Gasteiger partial charge on any atom is -0.321 e. The molecule has 3 amide bonds. The van der Waals surface area contributed by atoms with E-state index in [1.54, 1.807) is 30.3 Å². The van der Waals surface area contributed by atoms with Crippen molar-refractivity contribution in [2.45, 2.75) is 19.0 Å². The molecule has 1 unspecified atom stereocenters. The number of amides is 3. The number of hydrogen-bond donors (Lipinski definition) is 0. The van der Waals surface area contributed by atoms with Gasteiger partial charge in [-0.25, -0.2) is 4.90 Å². The Morgan fingerprint density at radius 1 is 1.06 bits per heavy atom. The largest absolute Gasteiger partial charge is 0.321 e. The number of nitro groups is 1. The maximum atomic E-state index is 13.3. The molecule has 2 heterocycles. The van der Waals surface area contributed by atoms with E-state index in [4.69, 9.17) is 0 Å². The third-order valence-corrected chi connectivity index (χ3v) is 5.87. The molecule has 0 radical (unpaired) electrons. The van der Waals surface area contributed by atoms with Gasteiger partial charge in [-0.15, -0.1) is 11.3 Å². The Bertz CT molecular complexity index is 1130. The van der Waals surface area contributed by atoms with E-state index < -0.39 is 22.8 Å². The number of nitro benzene ring substituents is 1. The summed E-state index contributed by atoms with van der Waals surface area (Å²) in [7, 11) is 0. The van der Waals surface area contributed by atoms with Gasteiger partial charge >= 0.3 is 0 Å². The fourth-order valence-electron chi connectivity index (χ4n) is 3.49. The van der Waals surface area contributed by atoms with Crippen LogP contribution in [0.5, 0.6) is 0 Å². The zero-order chi connectivity index (χ0) is 22.0. The summed E-state index contributed by atoms with van der Waals surface area (Å²) < 4.78 is 0. The van der Waals surface area contributed by atoms with Crippen LogP contribution in [0.3, 0.4) is 0 Å². The van der Waals surface area contributed by atoms with Gasteiger partial charge < -0.3 is 4.90 Å². The zero-order valence-electron chi connectivity index (χ0n) is 16.2. The molecule has 0 spiro atoms. The van der Waals surface area contributed by atoms with Crippen molar-refractivity contribution in [3.05, 3.63) is 92.7 Å². The smallest absolute Gasteiger partial charge is 0.269 e. The van der Waals surface area contributed by atoms with Crippen LogP contribution >= 0.6 is 11.3 Å². The molecule has 0 aliphatic carbocycles. The molecule has 1 saturated heterocycles. The van der Waals surface area contributed by atoms with Crippen molar-refractivity contribution in [2.24, 2.45) is 0 Å². The van der Waals surface area contributed by atoms with Gasteiger partial charge in [0, 0.05) is 22.6 Å². The molecule has 0 bridgehead atoms.